The number of hydrogen-bond acceptors (Lipinski definition) is 4. The normalized spacial score (nSPS) is 25.5. The van der Waals surface area contributed by atoms with Crippen molar-refractivity contribution in [3.05, 3.63) is 27.9 Å². The molecule has 26 heavy (non-hydrogen) atoms. The van der Waals surface area contributed by atoms with Gasteiger partial charge in [0.25, 0.3) is 0 Å². The number of carbonyl (C=O) groups excluding carboxylic acids is 2. The van der Waals surface area contributed by atoms with Crippen LogP contribution in [-0.4, -0.2) is 56.8 Å². The lowest BCUT2D eigenvalue weighted by Gasteiger charge is -2.36. The SMILES string of the molecule is Cc1cc(C)n(CC(=O)N2C[C@@H]3CC[C@H](C2)N(CC2CC2)C3=O)c(=O)n1. The van der Waals surface area contributed by atoms with E-state index in [2.05, 4.69) is 4.98 Å². The monoisotopic (exact) mass is 358 g/mol. The molecule has 2 bridgehead atoms. The Hall–Kier alpha value is -2.18. The minimum Gasteiger partial charge on any atom is -0.338 e. The van der Waals surface area contributed by atoms with E-state index in [1.807, 2.05) is 17.9 Å². The first kappa shape index (κ1) is 17.2. The fourth-order valence-electron chi connectivity index (χ4n) is 4.26. The minimum absolute atomic E-state index is 0.00575. The van der Waals surface area contributed by atoms with Gasteiger partial charge in [0.1, 0.15) is 6.54 Å². The molecule has 4 heterocycles. The van der Waals surface area contributed by atoms with Gasteiger partial charge in [-0.05, 0) is 51.5 Å². The van der Waals surface area contributed by atoms with Crippen molar-refractivity contribution in [1.29, 1.82) is 0 Å². The highest BCUT2D eigenvalue weighted by Crippen LogP contribution is 2.35. The molecule has 1 aromatic heterocycles. The van der Waals surface area contributed by atoms with Gasteiger partial charge in [0.05, 0.1) is 5.92 Å². The molecule has 1 saturated carbocycles. The maximum absolute atomic E-state index is 12.9. The maximum atomic E-state index is 12.9. The molecule has 0 unspecified atom stereocenters. The molecule has 0 aromatic carbocycles. The molecule has 0 spiro atoms. The third kappa shape index (κ3) is 3.27. The van der Waals surface area contributed by atoms with Gasteiger partial charge >= 0.3 is 5.69 Å². The zero-order valence-electron chi connectivity index (χ0n) is 15.5. The van der Waals surface area contributed by atoms with E-state index in [0.29, 0.717) is 24.7 Å². The van der Waals surface area contributed by atoms with Crippen LogP contribution < -0.4 is 5.69 Å². The van der Waals surface area contributed by atoms with Gasteiger partial charge in [-0.15, -0.1) is 0 Å². The summed E-state index contributed by atoms with van der Waals surface area (Å²) in [7, 11) is 0. The summed E-state index contributed by atoms with van der Waals surface area (Å²) in [5.74, 6) is 0.681. The summed E-state index contributed by atoms with van der Waals surface area (Å²) in [5, 5.41) is 0. The van der Waals surface area contributed by atoms with Gasteiger partial charge in [-0.2, -0.15) is 4.98 Å². The van der Waals surface area contributed by atoms with E-state index < -0.39 is 0 Å². The molecule has 0 radical (unpaired) electrons. The van der Waals surface area contributed by atoms with Crippen LogP contribution in [0.2, 0.25) is 0 Å². The lowest BCUT2D eigenvalue weighted by atomic mass is 9.94. The van der Waals surface area contributed by atoms with Gasteiger partial charge in [0, 0.05) is 37.1 Å². The molecule has 2 atom stereocenters. The number of aryl methyl sites for hydroxylation is 2. The molecule has 1 aliphatic carbocycles. The van der Waals surface area contributed by atoms with E-state index in [1.165, 1.54) is 17.4 Å². The Labute approximate surface area is 153 Å². The van der Waals surface area contributed by atoms with Gasteiger partial charge in [0.2, 0.25) is 11.8 Å². The largest absolute Gasteiger partial charge is 0.348 e. The average Bonchev–Trinajstić information content (AvgIpc) is 3.41. The summed E-state index contributed by atoms with van der Waals surface area (Å²) in [6.45, 7) is 5.49. The molecule has 3 aliphatic heterocycles. The van der Waals surface area contributed by atoms with Crippen LogP contribution in [0, 0.1) is 25.7 Å². The number of carbonyl (C=O) groups is 2. The smallest absolute Gasteiger partial charge is 0.338 e. The summed E-state index contributed by atoms with van der Waals surface area (Å²) in [6, 6.07) is 1.93. The van der Waals surface area contributed by atoms with Crippen molar-refractivity contribution in [2.45, 2.75) is 52.1 Å². The first-order chi connectivity index (χ1) is 12.4. The van der Waals surface area contributed by atoms with Crippen molar-refractivity contribution in [2.24, 2.45) is 11.8 Å². The standard InChI is InChI=1S/C19H26N4O3/c1-12-7-13(2)22(19(26)20-12)11-17(24)21-9-15-5-6-16(10-21)23(18(15)25)8-14-3-4-14/h7,14-16H,3-6,8-11H2,1-2H3/t15-,16+/m0/s1. The molecular formula is C19H26N4O3. The Bertz CT molecular complexity index is 798. The molecule has 7 heteroatoms. The van der Waals surface area contributed by atoms with E-state index in [4.69, 9.17) is 0 Å². The first-order valence-electron chi connectivity index (χ1n) is 9.55. The Morgan fingerprint density at radius 2 is 1.92 bits per heavy atom. The van der Waals surface area contributed by atoms with Gasteiger partial charge in [-0.3, -0.25) is 14.2 Å². The number of amides is 2. The van der Waals surface area contributed by atoms with Gasteiger partial charge in [-0.25, -0.2) is 4.79 Å². The van der Waals surface area contributed by atoms with Gasteiger partial charge in [-0.1, -0.05) is 0 Å². The lowest BCUT2D eigenvalue weighted by Crippen LogP contribution is -2.49. The fourth-order valence-corrected chi connectivity index (χ4v) is 4.26. The number of fused-ring (bicyclic) bond motifs is 4. The zero-order chi connectivity index (χ0) is 18.4. The molecule has 1 aromatic rings. The van der Waals surface area contributed by atoms with E-state index in [1.54, 1.807) is 11.8 Å². The Morgan fingerprint density at radius 1 is 1.15 bits per heavy atom. The van der Waals surface area contributed by atoms with E-state index >= 15 is 0 Å². The van der Waals surface area contributed by atoms with Crippen molar-refractivity contribution < 1.29 is 9.59 Å². The third-order valence-corrected chi connectivity index (χ3v) is 5.94. The summed E-state index contributed by atoms with van der Waals surface area (Å²) < 4.78 is 1.42. The van der Waals surface area contributed by atoms with Crippen LogP contribution in [0.5, 0.6) is 0 Å². The number of piperidine rings is 1. The zero-order valence-corrected chi connectivity index (χ0v) is 15.5. The highest BCUT2D eigenvalue weighted by atomic mass is 16.2. The van der Waals surface area contributed by atoms with Crippen molar-refractivity contribution >= 4 is 11.8 Å². The molecule has 3 saturated heterocycles. The van der Waals surface area contributed by atoms with Crippen LogP contribution >= 0.6 is 0 Å². The fraction of sp³-hybridized carbons (Fsp3) is 0.684. The molecule has 5 rings (SSSR count). The Balaban J connectivity index is 1.51. The third-order valence-electron chi connectivity index (χ3n) is 5.94. The minimum atomic E-state index is -0.389. The van der Waals surface area contributed by atoms with Crippen LogP contribution in [0.25, 0.3) is 0 Å². The highest BCUT2D eigenvalue weighted by molar-refractivity contribution is 5.83. The Morgan fingerprint density at radius 3 is 2.62 bits per heavy atom. The lowest BCUT2D eigenvalue weighted by molar-refractivity contribution is -0.140. The number of hydrogen-bond donors (Lipinski definition) is 0. The second-order valence-corrected chi connectivity index (χ2v) is 8.07. The second kappa shape index (κ2) is 6.52. The molecule has 140 valence electrons. The van der Waals surface area contributed by atoms with Crippen molar-refractivity contribution in [2.75, 3.05) is 19.6 Å². The molecule has 4 aliphatic rings. The van der Waals surface area contributed by atoms with Crippen LogP contribution in [0.1, 0.15) is 37.1 Å². The number of rotatable bonds is 4. The number of nitrogens with zero attached hydrogens (tertiary/aromatic N) is 4. The highest BCUT2D eigenvalue weighted by Gasteiger charge is 2.43. The summed E-state index contributed by atoms with van der Waals surface area (Å²) >= 11 is 0. The number of aromatic nitrogens is 2. The van der Waals surface area contributed by atoms with Crippen molar-refractivity contribution in [1.82, 2.24) is 19.4 Å². The summed E-state index contributed by atoms with van der Waals surface area (Å²) in [5.41, 5.74) is 1.01. The van der Waals surface area contributed by atoms with Crippen molar-refractivity contribution in [3.8, 4) is 0 Å². The van der Waals surface area contributed by atoms with Crippen molar-refractivity contribution in [3.63, 3.8) is 0 Å². The molecule has 4 fully saturated rings. The van der Waals surface area contributed by atoms with Crippen LogP contribution in [0.15, 0.2) is 10.9 Å². The van der Waals surface area contributed by atoms with Crippen LogP contribution in [-0.2, 0) is 16.1 Å². The predicted octanol–water partition coefficient (Wildman–Crippen LogP) is 0.720. The van der Waals surface area contributed by atoms with E-state index in [-0.39, 0.29) is 36.0 Å². The molecule has 7 nitrogen and oxygen atoms in total. The first-order valence-corrected chi connectivity index (χ1v) is 9.55. The van der Waals surface area contributed by atoms with Crippen LogP contribution in [0.3, 0.4) is 0 Å². The quantitative estimate of drug-likeness (QED) is 0.795. The maximum Gasteiger partial charge on any atom is 0.348 e. The molecule has 0 N–H and O–H groups in total. The second-order valence-electron chi connectivity index (χ2n) is 8.07. The topological polar surface area (TPSA) is 75.5 Å². The molecular weight excluding hydrogens is 332 g/mol. The Kier molecular flexibility index (Phi) is 4.32. The summed E-state index contributed by atoms with van der Waals surface area (Å²) in [4.78, 5) is 45.5. The van der Waals surface area contributed by atoms with Gasteiger partial charge < -0.3 is 9.80 Å². The summed E-state index contributed by atoms with van der Waals surface area (Å²) in [6.07, 6.45) is 4.26. The van der Waals surface area contributed by atoms with Gasteiger partial charge in [0.15, 0.2) is 0 Å². The molecule has 2 amide bonds. The van der Waals surface area contributed by atoms with E-state index in [9.17, 15) is 14.4 Å². The average molecular weight is 358 g/mol. The van der Waals surface area contributed by atoms with E-state index in [0.717, 1.165) is 25.1 Å². The van der Waals surface area contributed by atoms with Crippen LogP contribution in [0.4, 0.5) is 0 Å². The predicted molar refractivity (Wildman–Crippen MR) is 95.5 cm³/mol.